The zero-order chi connectivity index (χ0) is 24.8. The highest BCUT2D eigenvalue weighted by Gasteiger charge is 2.73. The summed E-state index contributed by atoms with van der Waals surface area (Å²) in [6, 6.07) is 23.8. The SMILES string of the molecule is C[C@@H]1[C@H](N2CCOCC2)C(C#N)(C#N)N2C(C)(C)C(C(=O)c3ccccc3)=C[C@]12c1ccccc1. The number of hydrogen-bond donors (Lipinski definition) is 0. The number of nitriles is 2. The summed E-state index contributed by atoms with van der Waals surface area (Å²) in [4.78, 5) is 18.1. The van der Waals surface area contributed by atoms with E-state index in [2.05, 4.69) is 30.0 Å². The number of benzene rings is 2. The van der Waals surface area contributed by atoms with Gasteiger partial charge in [-0.2, -0.15) is 10.5 Å². The summed E-state index contributed by atoms with van der Waals surface area (Å²) in [5.74, 6) is -0.206. The fourth-order valence-electron chi connectivity index (χ4n) is 6.81. The summed E-state index contributed by atoms with van der Waals surface area (Å²) in [5, 5.41) is 21.5. The van der Waals surface area contributed by atoms with E-state index in [9.17, 15) is 15.3 Å². The molecule has 3 aliphatic heterocycles. The maximum absolute atomic E-state index is 13.9. The number of hydrogen-bond acceptors (Lipinski definition) is 6. The molecule has 2 fully saturated rings. The third-order valence-corrected chi connectivity index (χ3v) is 8.20. The molecule has 178 valence electrons. The van der Waals surface area contributed by atoms with Crippen molar-refractivity contribution in [3.8, 4) is 12.1 Å². The van der Waals surface area contributed by atoms with Crippen LogP contribution in [-0.2, 0) is 10.3 Å². The van der Waals surface area contributed by atoms with Gasteiger partial charge in [-0.15, -0.1) is 0 Å². The van der Waals surface area contributed by atoms with Crippen molar-refractivity contribution in [2.24, 2.45) is 5.92 Å². The predicted molar refractivity (Wildman–Crippen MR) is 132 cm³/mol. The van der Waals surface area contributed by atoms with E-state index in [0.29, 0.717) is 37.4 Å². The zero-order valence-electron chi connectivity index (χ0n) is 20.4. The third-order valence-electron chi connectivity index (χ3n) is 8.20. The third kappa shape index (κ3) is 3.15. The van der Waals surface area contributed by atoms with E-state index < -0.39 is 16.6 Å². The first-order valence-corrected chi connectivity index (χ1v) is 12.2. The summed E-state index contributed by atoms with van der Waals surface area (Å²) in [6.45, 7) is 8.55. The number of morpholine rings is 1. The van der Waals surface area contributed by atoms with Gasteiger partial charge in [0.15, 0.2) is 5.78 Å². The number of carbonyl (C=O) groups is 1. The number of ether oxygens (including phenoxy) is 1. The monoisotopic (exact) mass is 466 g/mol. The summed E-state index contributed by atoms with van der Waals surface area (Å²) < 4.78 is 5.59. The lowest BCUT2D eigenvalue weighted by atomic mass is 9.75. The van der Waals surface area contributed by atoms with Crippen molar-refractivity contribution in [1.29, 1.82) is 10.5 Å². The number of Topliss-reactive ketones (excluding diaryl/α,β-unsaturated/α-hetero) is 1. The Morgan fingerprint density at radius 1 is 0.971 bits per heavy atom. The molecule has 0 bridgehead atoms. The van der Waals surface area contributed by atoms with Crippen LogP contribution in [0.1, 0.15) is 36.7 Å². The molecule has 0 aromatic heterocycles. The van der Waals surface area contributed by atoms with Crippen LogP contribution in [-0.4, -0.2) is 59.0 Å². The van der Waals surface area contributed by atoms with Gasteiger partial charge < -0.3 is 4.74 Å². The van der Waals surface area contributed by atoms with Crippen LogP contribution in [0.4, 0.5) is 0 Å². The van der Waals surface area contributed by atoms with Crippen LogP contribution in [0.15, 0.2) is 72.3 Å². The smallest absolute Gasteiger partial charge is 0.213 e. The number of ketones is 1. The first-order valence-electron chi connectivity index (χ1n) is 12.2. The minimum atomic E-state index is -1.45. The topological polar surface area (TPSA) is 80.4 Å². The first-order chi connectivity index (χ1) is 16.8. The average Bonchev–Trinajstić information content (AvgIpc) is 3.30. The zero-order valence-corrected chi connectivity index (χ0v) is 20.4. The molecule has 2 aromatic carbocycles. The van der Waals surface area contributed by atoms with Gasteiger partial charge in [0.2, 0.25) is 5.54 Å². The molecule has 0 unspecified atom stereocenters. The van der Waals surface area contributed by atoms with E-state index in [0.717, 1.165) is 5.56 Å². The lowest BCUT2D eigenvalue weighted by molar-refractivity contribution is -0.00728. The second kappa shape index (κ2) is 8.43. The van der Waals surface area contributed by atoms with Crippen molar-refractivity contribution >= 4 is 5.78 Å². The maximum Gasteiger partial charge on any atom is 0.213 e. The van der Waals surface area contributed by atoms with Crippen LogP contribution in [0.2, 0.25) is 0 Å². The van der Waals surface area contributed by atoms with Gasteiger partial charge in [0, 0.05) is 35.7 Å². The molecule has 3 aliphatic rings. The van der Waals surface area contributed by atoms with Crippen LogP contribution in [0.3, 0.4) is 0 Å². The molecule has 2 aromatic rings. The number of nitrogens with zero attached hydrogens (tertiary/aromatic N) is 4. The predicted octanol–water partition coefficient (Wildman–Crippen LogP) is 3.92. The van der Waals surface area contributed by atoms with E-state index in [1.807, 2.05) is 79.4 Å². The van der Waals surface area contributed by atoms with Gasteiger partial charge in [-0.1, -0.05) is 73.7 Å². The van der Waals surface area contributed by atoms with Gasteiger partial charge in [0.05, 0.1) is 24.8 Å². The van der Waals surface area contributed by atoms with Crippen molar-refractivity contribution in [2.45, 2.75) is 43.4 Å². The molecular weight excluding hydrogens is 436 g/mol. The van der Waals surface area contributed by atoms with Gasteiger partial charge in [-0.3, -0.25) is 9.69 Å². The summed E-state index contributed by atoms with van der Waals surface area (Å²) in [7, 11) is 0. The Morgan fingerprint density at radius 3 is 2.11 bits per heavy atom. The van der Waals surface area contributed by atoms with Crippen LogP contribution in [0.5, 0.6) is 0 Å². The van der Waals surface area contributed by atoms with Gasteiger partial charge in [0.25, 0.3) is 0 Å². The molecule has 35 heavy (non-hydrogen) atoms. The van der Waals surface area contributed by atoms with Crippen molar-refractivity contribution in [3.05, 3.63) is 83.4 Å². The van der Waals surface area contributed by atoms with Crippen LogP contribution < -0.4 is 0 Å². The summed E-state index contributed by atoms with van der Waals surface area (Å²) in [5.41, 5.74) is -0.891. The fraction of sp³-hybridized carbons (Fsp3) is 0.414. The Kier molecular flexibility index (Phi) is 5.65. The molecule has 0 N–H and O–H groups in total. The van der Waals surface area contributed by atoms with Gasteiger partial charge in [0.1, 0.15) is 12.1 Å². The normalized spacial score (nSPS) is 29.6. The second-order valence-electron chi connectivity index (χ2n) is 10.2. The molecule has 6 heteroatoms. The highest BCUT2D eigenvalue weighted by atomic mass is 16.5. The van der Waals surface area contributed by atoms with Crippen molar-refractivity contribution in [3.63, 3.8) is 0 Å². The number of carbonyl (C=O) groups excluding carboxylic acids is 1. The number of rotatable bonds is 4. The standard InChI is InChI=1S/C29H30N4O2/c1-21-26(32-14-16-35-17-15-32)28(19-30,20-31)33-27(2,3)24(25(34)22-10-6-4-7-11-22)18-29(21,33)23-12-8-5-9-13-23/h4-13,18,21,26H,14-17H2,1-3H3/t21-,26+,29-/m1/s1. The van der Waals surface area contributed by atoms with Gasteiger partial charge in [-0.25, -0.2) is 4.90 Å². The van der Waals surface area contributed by atoms with E-state index in [-0.39, 0.29) is 17.7 Å². The Labute approximate surface area is 207 Å². The highest BCUT2D eigenvalue weighted by Crippen LogP contribution is 2.62. The molecule has 6 nitrogen and oxygen atoms in total. The minimum absolute atomic E-state index is 0.0693. The molecule has 0 spiro atoms. The summed E-state index contributed by atoms with van der Waals surface area (Å²) >= 11 is 0. The highest BCUT2D eigenvalue weighted by molar-refractivity contribution is 6.10. The molecule has 0 amide bonds. The average molecular weight is 467 g/mol. The number of fused-ring (bicyclic) bond motifs is 1. The lowest BCUT2D eigenvalue weighted by Crippen LogP contribution is -2.63. The second-order valence-corrected chi connectivity index (χ2v) is 10.2. The van der Waals surface area contributed by atoms with Crippen LogP contribution in [0, 0.1) is 28.6 Å². The van der Waals surface area contributed by atoms with Crippen LogP contribution in [0.25, 0.3) is 0 Å². The maximum atomic E-state index is 13.9. The molecule has 0 aliphatic carbocycles. The molecular formula is C29H30N4O2. The van der Waals surface area contributed by atoms with E-state index in [1.54, 1.807) is 0 Å². The van der Waals surface area contributed by atoms with E-state index in [4.69, 9.17) is 4.74 Å². The Morgan fingerprint density at radius 2 is 1.54 bits per heavy atom. The molecule has 3 heterocycles. The fourth-order valence-corrected chi connectivity index (χ4v) is 6.81. The quantitative estimate of drug-likeness (QED) is 0.636. The van der Waals surface area contributed by atoms with Crippen molar-refractivity contribution < 1.29 is 9.53 Å². The Bertz CT molecular complexity index is 1220. The molecule has 2 saturated heterocycles. The molecule has 0 radical (unpaired) electrons. The largest absolute Gasteiger partial charge is 0.379 e. The summed E-state index contributed by atoms with van der Waals surface area (Å²) in [6.07, 6.45) is 2.06. The minimum Gasteiger partial charge on any atom is -0.379 e. The molecule has 0 saturated carbocycles. The van der Waals surface area contributed by atoms with Crippen molar-refractivity contribution in [2.75, 3.05) is 26.3 Å². The first kappa shape index (κ1) is 23.5. The van der Waals surface area contributed by atoms with Crippen molar-refractivity contribution in [1.82, 2.24) is 9.80 Å². The van der Waals surface area contributed by atoms with Gasteiger partial charge in [-0.05, 0) is 19.4 Å². The molecule has 3 atom stereocenters. The Balaban J connectivity index is 1.78. The van der Waals surface area contributed by atoms with E-state index >= 15 is 0 Å². The molecule has 5 rings (SSSR count). The van der Waals surface area contributed by atoms with E-state index in [1.165, 1.54) is 0 Å². The van der Waals surface area contributed by atoms with Gasteiger partial charge >= 0.3 is 0 Å². The van der Waals surface area contributed by atoms with Crippen LogP contribution >= 0.6 is 0 Å². The Hall–Kier alpha value is -3.29. The lowest BCUT2D eigenvalue weighted by Gasteiger charge is -2.46.